The summed E-state index contributed by atoms with van der Waals surface area (Å²) in [5.41, 5.74) is 3.09. The van der Waals surface area contributed by atoms with Gasteiger partial charge in [0, 0.05) is 23.1 Å². The molecule has 0 aliphatic carbocycles. The van der Waals surface area contributed by atoms with E-state index in [9.17, 15) is 4.79 Å². The molecule has 3 rings (SSSR count). The number of terminal acetylenes is 1. The second-order valence-corrected chi connectivity index (χ2v) is 6.43. The quantitative estimate of drug-likeness (QED) is 0.835. The molecule has 3 nitrogen and oxygen atoms in total. The molecule has 2 aromatic rings. The monoisotopic (exact) mass is 368 g/mol. The van der Waals surface area contributed by atoms with E-state index in [-0.39, 0.29) is 11.9 Å². The number of hydrogen-bond acceptors (Lipinski definition) is 2. The van der Waals surface area contributed by atoms with Gasteiger partial charge in [0.05, 0.1) is 12.6 Å². The SMILES string of the molecule is C#CCCN1CC(=O)Nc2ccc(Br)cc2C1c1ccccc1. The summed E-state index contributed by atoms with van der Waals surface area (Å²) in [4.78, 5) is 14.4. The molecule has 23 heavy (non-hydrogen) atoms. The second-order valence-electron chi connectivity index (χ2n) is 5.52. The van der Waals surface area contributed by atoms with Crippen molar-refractivity contribution in [3.8, 4) is 12.3 Å². The Kier molecular flexibility index (Phi) is 4.80. The topological polar surface area (TPSA) is 32.3 Å². The van der Waals surface area contributed by atoms with Crippen molar-refractivity contribution in [1.29, 1.82) is 0 Å². The Morgan fingerprint density at radius 3 is 2.78 bits per heavy atom. The molecule has 1 N–H and O–H groups in total. The van der Waals surface area contributed by atoms with Crippen LogP contribution in [0.2, 0.25) is 0 Å². The minimum absolute atomic E-state index is 0.00370. The van der Waals surface area contributed by atoms with Crippen molar-refractivity contribution >= 4 is 27.5 Å². The van der Waals surface area contributed by atoms with Crippen molar-refractivity contribution in [2.24, 2.45) is 0 Å². The molecular weight excluding hydrogens is 352 g/mol. The van der Waals surface area contributed by atoms with Crippen LogP contribution in [0.4, 0.5) is 5.69 Å². The molecular formula is C19H17BrN2O. The van der Waals surface area contributed by atoms with Crippen LogP contribution in [0.15, 0.2) is 53.0 Å². The summed E-state index contributed by atoms with van der Waals surface area (Å²) in [6.45, 7) is 1.00. The van der Waals surface area contributed by atoms with Crippen molar-refractivity contribution < 1.29 is 4.79 Å². The Morgan fingerprint density at radius 1 is 1.26 bits per heavy atom. The van der Waals surface area contributed by atoms with E-state index in [0.717, 1.165) is 21.3 Å². The third kappa shape index (κ3) is 3.47. The van der Waals surface area contributed by atoms with Crippen LogP contribution in [0, 0.1) is 12.3 Å². The number of amides is 1. The Bertz CT molecular complexity index is 752. The van der Waals surface area contributed by atoms with Crippen LogP contribution in [0.5, 0.6) is 0 Å². The summed E-state index contributed by atoms with van der Waals surface area (Å²) in [5.74, 6) is 2.66. The molecule has 1 unspecified atom stereocenters. The lowest BCUT2D eigenvalue weighted by Crippen LogP contribution is -2.34. The lowest BCUT2D eigenvalue weighted by atomic mass is 9.96. The van der Waals surface area contributed by atoms with E-state index >= 15 is 0 Å². The fourth-order valence-corrected chi connectivity index (χ4v) is 3.36. The van der Waals surface area contributed by atoms with Crippen molar-refractivity contribution in [2.75, 3.05) is 18.4 Å². The third-order valence-electron chi connectivity index (χ3n) is 3.95. The molecule has 2 aromatic carbocycles. The standard InChI is InChI=1S/C19H17BrN2O/c1-2-3-11-22-13-18(23)21-17-10-9-15(20)12-16(17)19(22)14-7-5-4-6-8-14/h1,4-10,12,19H,3,11,13H2,(H,21,23). The van der Waals surface area contributed by atoms with Gasteiger partial charge in [0.15, 0.2) is 0 Å². The van der Waals surface area contributed by atoms with E-state index in [1.54, 1.807) is 0 Å². The van der Waals surface area contributed by atoms with Crippen LogP contribution in [-0.2, 0) is 4.79 Å². The van der Waals surface area contributed by atoms with Gasteiger partial charge in [0.25, 0.3) is 0 Å². The molecule has 1 aliphatic heterocycles. The molecule has 1 aliphatic rings. The summed E-state index contributed by atoms with van der Waals surface area (Å²) in [7, 11) is 0. The van der Waals surface area contributed by atoms with Gasteiger partial charge in [-0.05, 0) is 29.3 Å². The lowest BCUT2D eigenvalue weighted by Gasteiger charge is -2.30. The van der Waals surface area contributed by atoms with Crippen molar-refractivity contribution in [2.45, 2.75) is 12.5 Å². The fraction of sp³-hybridized carbons (Fsp3) is 0.211. The van der Waals surface area contributed by atoms with Crippen LogP contribution in [0.3, 0.4) is 0 Å². The number of carbonyl (C=O) groups is 1. The minimum Gasteiger partial charge on any atom is -0.325 e. The second kappa shape index (κ2) is 6.99. The van der Waals surface area contributed by atoms with Gasteiger partial charge in [-0.2, -0.15) is 0 Å². The summed E-state index contributed by atoms with van der Waals surface area (Å²) < 4.78 is 0.991. The highest BCUT2D eigenvalue weighted by Gasteiger charge is 2.29. The first kappa shape index (κ1) is 15.8. The van der Waals surface area contributed by atoms with Crippen molar-refractivity contribution in [1.82, 2.24) is 4.90 Å². The van der Waals surface area contributed by atoms with Gasteiger partial charge in [-0.3, -0.25) is 9.69 Å². The number of rotatable bonds is 3. The number of anilines is 1. The highest BCUT2D eigenvalue weighted by atomic mass is 79.9. The highest BCUT2D eigenvalue weighted by Crippen LogP contribution is 2.37. The van der Waals surface area contributed by atoms with Crippen LogP contribution >= 0.6 is 15.9 Å². The maximum absolute atomic E-state index is 12.3. The van der Waals surface area contributed by atoms with Gasteiger partial charge in [-0.1, -0.05) is 46.3 Å². The number of carbonyl (C=O) groups excluding carboxylic acids is 1. The number of nitrogens with zero attached hydrogens (tertiary/aromatic N) is 1. The molecule has 1 amide bonds. The molecule has 0 saturated carbocycles. The first-order chi connectivity index (χ1) is 11.2. The molecule has 0 bridgehead atoms. The molecule has 116 valence electrons. The molecule has 0 aromatic heterocycles. The lowest BCUT2D eigenvalue weighted by molar-refractivity contribution is -0.117. The minimum atomic E-state index is -0.0102. The van der Waals surface area contributed by atoms with E-state index in [0.29, 0.717) is 19.5 Å². The molecule has 0 fully saturated rings. The van der Waals surface area contributed by atoms with E-state index in [4.69, 9.17) is 6.42 Å². The molecule has 4 heteroatoms. The Balaban J connectivity index is 2.13. The summed E-state index contributed by atoms with van der Waals surface area (Å²) >= 11 is 3.54. The third-order valence-corrected chi connectivity index (χ3v) is 4.45. The molecule has 0 saturated heterocycles. The smallest absolute Gasteiger partial charge is 0.238 e. The predicted molar refractivity (Wildman–Crippen MR) is 96.1 cm³/mol. The van der Waals surface area contributed by atoms with Crippen molar-refractivity contribution in [3.05, 3.63) is 64.1 Å². The van der Waals surface area contributed by atoms with Crippen LogP contribution < -0.4 is 5.32 Å². The predicted octanol–water partition coefficient (Wildman–Crippen LogP) is 3.82. The Morgan fingerprint density at radius 2 is 2.04 bits per heavy atom. The maximum atomic E-state index is 12.3. The first-order valence-corrected chi connectivity index (χ1v) is 8.30. The first-order valence-electron chi connectivity index (χ1n) is 7.51. The number of halogens is 1. The number of hydrogen-bond donors (Lipinski definition) is 1. The summed E-state index contributed by atoms with van der Waals surface area (Å²) in [6, 6.07) is 16.2. The molecule has 0 spiro atoms. The van der Waals surface area contributed by atoms with E-state index in [1.807, 2.05) is 30.3 Å². The molecule has 1 atom stereocenters. The largest absolute Gasteiger partial charge is 0.325 e. The highest BCUT2D eigenvalue weighted by molar-refractivity contribution is 9.10. The van der Waals surface area contributed by atoms with Crippen molar-refractivity contribution in [3.63, 3.8) is 0 Å². The number of fused-ring (bicyclic) bond motifs is 1. The number of benzene rings is 2. The van der Waals surface area contributed by atoms with Gasteiger partial charge >= 0.3 is 0 Å². The van der Waals surface area contributed by atoms with E-state index < -0.39 is 0 Å². The Hall–Kier alpha value is -2.09. The normalized spacial score (nSPS) is 17.7. The van der Waals surface area contributed by atoms with Crippen LogP contribution in [-0.4, -0.2) is 23.9 Å². The fourth-order valence-electron chi connectivity index (χ4n) is 2.98. The van der Waals surface area contributed by atoms with Gasteiger partial charge in [-0.15, -0.1) is 12.3 Å². The summed E-state index contributed by atoms with van der Waals surface area (Å²) in [6.07, 6.45) is 6.05. The zero-order chi connectivity index (χ0) is 16.2. The zero-order valence-electron chi connectivity index (χ0n) is 12.6. The molecule has 0 radical (unpaired) electrons. The van der Waals surface area contributed by atoms with Gasteiger partial charge in [-0.25, -0.2) is 0 Å². The van der Waals surface area contributed by atoms with Gasteiger partial charge in [0.2, 0.25) is 5.91 Å². The average Bonchev–Trinajstić information content (AvgIpc) is 2.69. The molecule has 1 heterocycles. The van der Waals surface area contributed by atoms with Gasteiger partial charge < -0.3 is 5.32 Å². The van der Waals surface area contributed by atoms with Crippen LogP contribution in [0.1, 0.15) is 23.6 Å². The van der Waals surface area contributed by atoms with E-state index in [1.165, 1.54) is 0 Å². The zero-order valence-corrected chi connectivity index (χ0v) is 14.2. The maximum Gasteiger partial charge on any atom is 0.238 e. The number of nitrogens with one attached hydrogen (secondary N) is 1. The summed E-state index contributed by atoms with van der Waals surface area (Å²) in [5, 5.41) is 3.00. The Labute approximate surface area is 144 Å². The average molecular weight is 369 g/mol. The van der Waals surface area contributed by atoms with Gasteiger partial charge in [0.1, 0.15) is 0 Å². The van der Waals surface area contributed by atoms with E-state index in [2.05, 4.69) is 50.3 Å². The van der Waals surface area contributed by atoms with Crippen LogP contribution in [0.25, 0.3) is 0 Å².